The number of carbonyl (C=O) groups excluding carboxylic acids is 2. The summed E-state index contributed by atoms with van der Waals surface area (Å²) in [7, 11) is 0. The fourth-order valence-corrected chi connectivity index (χ4v) is 1.68. The highest BCUT2D eigenvalue weighted by Crippen LogP contribution is 2.36. The summed E-state index contributed by atoms with van der Waals surface area (Å²) < 4.78 is 0. The van der Waals surface area contributed by atoms with Gasteiger partial charge in [-0.25, -0.2) is 0 Å². The Kier molecular flexibility index (Phi) is 2.17. The van der Waals surface area contributed by atoms with E-state index in [-0.39, 0.29) is 30.1 Å². The van der Waals surface area contributed by atoms with Gasteiger partial charge >= 0.3 is 0 Å². The van der Waals surface area contributed by atoms with Crippen molar-refractivity contribution in [3.05, 3.63) is 23.8 Å². The van der Waals surface area contributed by atoms with E-state index in [1.165, 1.54) is 23.1 Å². The fraction of sp³-hybridized carbons (Fsp3) is 0.200. The number of phenols is 1. The number of hydrogen-bond donors (Lipinski definition) is 2. The van der Waals surface area contributed by atoms with Crippen LogP contribution >= 0.6 is 0 Å². The molecule has 15 heavy (non-hydrogen) atoms. The number of benzene rings is 1. The maximum Gasteiger partial charge on any atom is 0.299 e. The highest BCUT2D eigenvalue weighted by atomic mass is 16.3. The summed E-state index contributed by atoms with van der Waals surface area (Å²) in [5.74, 6) is -1.29. The number of rotatable bonds is 2. The number of anilines is 1. The molecule has 0 radical (unpaired) electrons. The number of amides is 1. The Morgan fingerprint density at radius 3 is 2.73 bits per heavy atom. The lowest BCUT2D eigenvalue weighted by molar-refractivity contribution is -0.114. The molecule has 0 unspecified atom stereocenters. The van der Waals surface area contributed by atoms with Crippen molar-refractivity contribution in [1.82, 2.24) is 0 Å². The standard InChI is InChI=1S/C10H10N2O3/c11-4-5-12-8-6(9(14)10(12)15)2-1-3-7(8)13/h1-3,13H,4-5,11H2. The van der Waals surface area contributed by atoms with Gasteiger partial charge in [-0.3, -0.25) is 9.59 Å². The summed E-state index contributed by atoms with van der Waals surface area (Å²) in [5, 5.41) is 9.58. The summed E-state index contributed by atoms with van der Waals surface area (Å²) in [6.07, 6.45) is 0. The predicted molar refractivity (Wildman–Crippen MR) is 53.8 cm³/mol. The largest absolute Gasteiger partial charge is 0.506 e. The molecular formula is C10H10N2O3. The van der Waals surface area contributed by atoms with E-state index >= 15 is 0 Å². The van der Waals surface area contributed by atoms with Crippen LogP contribution in [0.4, 0.5) is 5.69 Å². The molecule has 5 nitrogen and oxygen atoms in total. The fourth-order valence-electron chi connectivity index (χ4n) is 1.68. The van der Waals surface area contributed by atoms with E-state index < -0.39 is 11.7 Å². The third-order valence-corrected chi connectivity index (χ3v) is 2.32. The molecule has 0 saturated carbocycles. The summed E-state index contributed by atoms with van der Waals surface area (Å²) in [6.45, 7) is 0.474. The number of para-hydroxylation sites is 1. The van der Waals surface area contributed by atoms with E-state index in [1.54, 1.807) is 0 Å². The lowest BCUT2D eigenvalue weighted by atomic mass is 10.1. The molecule has 0 aliphatic carbocycles. The van der Waals surface area contributed by atoms with Gasteiger partial charge in [-0.2, -0.15) is 0 Å². The van der Waals surface area contributed by atoms with Gasteiger partial charge in [0.1, 0.15) is 5.75 Å². The van der Waals surface area contributed by atoms with Gasteiger partial charge in [0.2, 0.25) is 0 Å². The summed E-state index contributed by atoms with van der Waals surface area (Å²) in [6, 6.07) is 4.49. The van der Waals surface area contributed by atoms with Gasteiger partial charge in [-0.05, 0) is 12.1 Å². The smallest absolute Gasteiger partial charge is 0.299 e. The SMILES string of the molecule is NCCN1C(=O)C(=O)c2cccc(O)c21. The van der Waals surface area contributed by atoms with Crippen LogP contribution in [0.2, 0.25) is 0 Å². The molecule has 0 bridgehead atoms. The van der Waals surface area contributed by atoms with Gasteiger partial charge in [0, 0.05) is 13.1 Å². The molecular weight excluding hydrogens is 196 g/mol. The number of Topliss-reactive ketones (excluding diaryl/α,β-unsaturated/α-hetero) is 1. The molecule has 0 spiro atoms. The number of hydrogen-bond acceptors (Lipinski definition) is 4. The third-order valence-electron chi connectivity index (χ3n) is 2.32. The molecule has 1 aliphatic rings. The van der Waals surface area contributed by atoms with Crippen LogP contribution in [0.5, 0.6) is 5.75 Å². The molecule has 5 heteroatoms. The Balaban J connectivity index is 2.56. The van der Waals surface area contributed by atoms with Gasteiger partial charge < -0.3 is 15.7 Å². The molecule has 2 rings (SSSR count). The van der Waals surface area contributed by atoms with Crippen LogP contribution in [0.15, 0.2) is 18.2 Å². The first-order valence-electron chi connectivity index (χ1n) is 4.55. The van der Waals surface area contributed by atoms with Gasteiger partial charge in [-0.1, -0.05) is 6.07 Å². The summed E-state index contributed by atoms with van der Waals surface area (Å²) in [4.78, 5) is 24.2. The lowest BCUT2D eigenvalue weighted by Gasteiger charge is -2.15. The minimum absolute atomic E-state index is 0.0693. The van der Waals surface area contributed by atoms with Crippen LogP contribution in [0.25, 0.3) is 0 Å². The molecule has 0 aromatic heterocycles. The van der Waals surface area contributed by atoms with Crippen molar-refractivity contribution >= 4 is 17.4 Å². The highest BCUT2D eigenvalue weighted by molar-refractivity contribution is 6.52. The monoisotopic (exact) mass is 206 g/mol. The molecule has 0 saturated heterocycles. The Bertz CT molecular complexity index is 442. The van der Waals surface area contributed by atoms with Crippen LogP contribution in [-0.2, 0) is 4.79 Å². The number of aromatic hydroxyl groups is 1. The zero-order valence-electron chi connectivity index (χ0n) is 7.93. The minimum Gasteiger partial charge on any atom is -0.506 e. The Hall–Kier alpha value is -1.88. The van der Waals surface area contributed by atoms with Crippen LogP contribution in [0.3, 0.4) is 0 Å². The van der Waals surface area contributed by atoms with Crippen molar-refractivity contribution in [2.75, 3.05) is 18.0 Å². The first kappa shape index (κ1) is 9.67. The van der Waals surface area contributed by atoms with Crippen LogP contribution in [0, 0.1) is 0 Å². The average molecular weight is 206 g/mol. The molecule has 3 N–H and O–H groups in total. The van der Waals surface area contributed by atoms with Crippen LogP contribution < -0.4 is 10.6 Å². The van der Waals surface area contributed by atoms with E-state index in [2.05, 4.69) is 0 Å². The van der Waals surface area contributed by atoms with E-state index in [1.807, 2.05) is 0 Å². The first-order chi connectivity index (χ1) is 7.16. The normalized spacial score (nSPS) is 14.6. The molecule has 78 valence electrons. The molecule has 1 amide bonds. The third kappa shape index (κ3) is 1.28. The maximum absolute atomic E-state index is 11.5. The molecule has 1 aliphatic heterocycles. The number of fused-ring (bicyclic) bond motifs is 1. The number of nitrogens with zero attached hydrogens (tertiary/aromatic N) is 1. The topological polar surface area (TPSA) is 83.6 Å². The van der Waals surface area contributed by atoms with Crippen molar-refractivity contribution in [3.8, 4) is 5.75 Å². The number of ketones is 1. The Labute approximate surface area is 86.1 Å². The zero-order valence-corrected chi connectivity index (χ0v) is 7.93. The van der Waals surface area contributed by atoms with Crippen molar-refractivity contribution in [1.29, 1.82) is 0 Å². The van der Waals surface area contributed by atoms with Crippen molar-refractivity contribution in [3.63, 3.8) is 0 Å². The Morgan fingerprint density at radius 1 is 1.33 bits per heavy atom. The number of carbonyl (C=O) groups is 2. The quantitative estimate of drug-likeness (QED) is 0.661. The second-order valence-corrected chi connectivity index (χ2v) is 3.25. The van der Waals surface area contributed by atoms with E-state index in [0.717, 1.165) is 0 Å². The molecule has 1 heterocycles. The molecule has 0 fully saturated rings. The van der Waals surface area contributed by atoms with Gasteiger partial charge in [0.25, 0.3) is 11.7 Å². The number of nitrogens with two attached hydrogens (primary N) is 1. The van der Waals surface area contributed by atoms with Crippen molar-refractivity contribution in [2.24, 2.45) is 5.73 Å². The van der Waals surface area contributed by atoms with Crippen LogP contribution in [-0.4, -0.2) is 29.9 Å². The zero-order chi connectivity index (χ0) is 11.0. The van der Waals surface area contributed by atoms with Crippen molar-refractivity contribution in [2.45, 2.75) is 0 Å². The first-order valence-corrected chi connectivity index (χ1v) is 4.55. The van der Waals surface area contributed by atoms with Crippen molar-refractivity contribution < 1.29 is 14.7 Å². The van der Waals surface area contributed by atoms with Gasteiger partial charge in [-0.15, -0.1) is 0 Å². The van der Waals surface area contributed by atoms with Gasteiger partial charge in [0.05, 0.1) is 11.3 Å². The second kappa shape index (κ2) is 3.36. The highest BCUT2D eigenvalue weighted by Gasteiger charge is 2.37. The minimum atomic E-state index is -0.628. The van der Waals surface area contributed by atoms with E-state index in [4.69, 9.17) is 5.73 Å². The average Bonchev–Trinajstić information content (AvgIpc) is 2.46. The number of phenolic OH excluding ortho intramolecular Hbond substituents is 1. The second-order valence-electron chi connectivity index (χ2n) is 3.25. The predicted octanol–water partition coefficient (Wildman–Crippen LogP) is -0.120. The van der Waals surface area contributed by atoms with E-state index in [0.29, 0.717) is 0 Å². The van der Waals surface area contributed by atoms with Gasteiger partial charge in [0.15, 0.2) is 0 Å². The Morgan fingerprint density at radius 2 is 2.07 bits per heavy atom. The molecule has 0 atom stereocenters. The molecule has 1 aromatic rings. The summed E-state index contributed by atoms with van der Waals surface area (Å²) >= 11 is 0. The van der Waals surface area contributed by atoms with E-state index in [9.17, 15) is 14.7 Å². The maximum atomic E-state index is 11.5. The summed E-state index contributed by atoms with van der Waals surface area (Å²) in [5.41, 5.74) is 5.86. The van der Waals surface area contributed by atoms with Crippen LogP contribution in [0.1, 0.15) is 10.4 Å². The lowest BCUT2D eigenvalue weighted by Crippen LogP contribution is -2.34. The molecule has 1 aromatic carbocycles.